The summed E-state index contributed by atoms with van der Waals surface area (Å²) in [6.45, 7) is 3.79. The average molecular weight is 556 g/mol. The van der Waals surface area contributed by atoms with Crippen LogP contribution in [0.15, 0.2) is 36.9 Å². The lowest BCUT2D eigenvalue weighted by atomic mass is 10.1. The van der Waals surface area contributed by atoms with Gasteiger partial charge >= 0.3 is 6.18 Å². The van der Waals surface area contributed by atoms with Crippen molar-refractivity contribution in [3.05, 3.63) is 53.1 Å². The molecule has 3 aromatic rings. The maximum atomic E-state index is 14.6. The number of hydrogen-bond donors (Lipinski definition) is 1. The summed E-state index contributed by atoms with van der Waals surface area (Å²) in [4.78, 5) is 14.5. The maximum absolute atomic E-state index is 14.6. The van der Waals surface area contributed by atoms with Crippen LogP contribution in [0, 0.1) is 0 Å². The van der Waals surface area contributed by atoms with Crippen molar-refractivity contribution in [2.24, 2.45) is 0 Å². The first-order valence-electron chi connectivity index (χ1n) is 11.9. The highest BCUT2D eigenvalue weighted by atomic mass is 35.5. The molecule has 0 bridgehead atoms. The molecule has 0 saturated carbocycles. The molecule has 2 saturated heterocycles. The van der Waals surface area contributed by atoms with Crippen molar-refractivity contribution in [1.82, 2.24) is 28.7 Å². The summed E-state index contributed by atoms with van der Waals surface area (Å²) in [5.74, 6) is -0.0730. The van der Waals surface area contributed by atoms with Crippen molar-refractivity contribution < 1.29 is 17.6 Å². The quantitative estimate of drug-likeness (QED) is 0.313. The van der Waals surface area contributed by atoms with E-state index < -0.39 is 24.0 Å². The van der Waals surface area contributed by atoms with Crippen LogP contribution in [0.3, 0.4) is 0 Å². The van der Waals surface area contributed by atoms with Crippen molar-refractivity contribution in [3.63, 3.8) is 0 Å². The van der Waals surface area contributed by atoms with Gasteiger partial charge in [0.25, 0.3) is 0 Å². The third-order valence-electron chi connectivity index (χ3n) is 6.64. The van der Waals surface area contributed by atoms with Gasteiger partial charge < -0.3 is 9.88 Å². The Hall–Kier alpha value is -2.41. The minimum absolute atomic E-state index is 0.00694. The van der Waals surface area contributed by atoms with E-state index in [1.54, 1.807) is 4.57 Å². The number of nitrogens with zero attached hydrogens (tertiary/aromatic N) is 6. The number of halogens is 5. The topological polar surface area (TPSA) is 62.1 Å². The predicted molar refractivity (Wildman–Crippen MR) is 137 cm³/mol. The zero-order chi connectivity index (χ0) is 26.2. The Morgan fingerprint density at radius 3 is 2.65 bits per heavy atom. The highest BCUT2D eigenvalue weighted by Gasteiger charge is 2.37. The molecule has 2 atom stereocenters. The summed E-state index contributed by atoms with van der Waals surface area (Å²) in [5.41, 5.74) is 0.260. The van der Waals surface area contributed by atoms with Gasteiger partial charge in [0.15, 0.2) is 0 Å². The molecule has 7 nitrogen and oxygen atoms in total. The molecule has 0 radical (unpaired) electrons. The van der Waals surface area contributed by atoms with Gasteiger partial charge in [0.05, 0.1) is 16.8 Å². The van der Waals surface area contributed by atoms with Gasteiger partial charge in [-0.2, -0.15) is 13.2 Å². The lowest BCUT2D eigenvalue weighted by Gasteiger charge is -2.33. The number of benzene rings is 1. The zero-order valence-corrected chi connectivity index (χ0v) is 21.6. The second kappa shape index (κ2) is 10.8. The molecule has 2 aliphatic rings. The highest BCUT2D eigenvalue weighted by Crippen LogP contribution is 2.36. The van der Waals surface area contributed by atoms with Crippen LogP contribution in [0.1, 0.15) is 24.0 Å². The fourth-order valence-corrected chi connectivity index (χ4v) is 5.34. The minimum Gasteiger partial charge on any atom is -0.348 e. The molecule has 2 fully saturated rings. The SMILES string of the molecule is CSN1CCC(Nc2ncc(C(F)(F)F)c(-c3cn(-c4ccc(CN5CCC5)cc4Cl)cn3)n2)C(F)C1. The zero-order valence-electron chi connectivity index (χ0n) is 20.0. The Morgan fingerprint density at radius 2 is 2.00 bits per heavy atom. The fourth-order valence-electron chi connectivity index (χ4n) is 4.46. The predicted octanol–water partition coefficient (Wildman–Crippen LogP) is 5.31. The van der Waals surface area contributed by atoms with Crippen molar-refractivity contribution in [2.75, 3.05) is 37.8 Å². The van der Waals surface area contributed by atoms with Crippen LogP contribution in [0.4, 0.5) is 23.5 Å². The molecule has 1 N–H and O–H groups in total. The van der Waals surface area contributed by atoms with Gasteiger partial charge in [0.1, 0.15) is 29.5 Å². The number of rotatable bonds is 7. The van der Waals surface area contributed by atoms with Crippen LogP contribution in [0.2, 0.25) is 5.02 Å². The number of nitrogens with one attached hydrogen (secondary N) is 1. The molecule has 1 aromatic carbocycles. The minimum atomic E-state index is -4.69. The fraction of sp³-hybridized carbons (Fsp3) is 0.458. The molecule has 2 unspecified atom stereocenters. The smallest absolute Gasteiger partial charge is 0.348 e. The van der Waals surface area contributed by atoms with E-state index in [2.05, 4.69) is 25.2 Å². The molecule has 4 heterocycles. The molecule has 2 aliphatic heterocycles. The summed E-state index contributed by atoms with van der Waals surface area (Å²) in [6, 6.07) is 5.03. The van der Waals surface area contributed by atoms with E-state index >= 15 is 0 Å². The molecular formula is C24H26ClF4N7S. The van der Waals surface area contributed by atoms with E-state index in [0.29, 0.717) is 29.9 Å². The van der Waals surface area contributed by atoms with Gasteiger partial charge in [-0.25, -0.2) is 23.6 Å². The number of imidazole rings is 1. The van der Waals surface area contributed by atoms with Crippen molar-refractivity contribution >= 4 is 29.5 Å². The molecule has 5 rings (SSSR count). The average Bonchev–Trinajstić information content (AvgIpc) is 3.32. The van der Waals surface area contributed by atoms with Crippen LogP contribution >= 0.6 is 23.5 Å². The van der Waals surface area contributed by atoms with Gasteiger partial charge in [-0.3, -0.25) is 4.90 Å². The van der Waals surface area contributed by atoms with Crippen LogP contribution in [-0.2, 0) is 12.7 Å². The summed E-state index contributed by atoms with van der Waals surface area (Å²) in [6.07, 6.45) is 1.20. The third kappa shape index (κ3) is 5.87. The van der Waals surface area contributed by atoms with Gasteiger partial charge in [-0.15, -0.1) is 0 Å². The monoisotopic (exact) mass is 555 g/mol. The molecule has 2 aromatic heterocycles. The van der Waals surface area contributed by atoms with E-state index in [9.17, 15) is 17.6 Å². The summed E-state index contributed by atoms with van der Waals surface area (Å²) in [5, 5.41) is 3.35. The Kier molecular flexibility index (Phi) is 7.62. The van der Waals surface area contributed by atoms with Crippen molar-refractivity contribution in [1.29, 1.82) is 0 Å². The summed E-state index contributed by atoms with van der Waals surface area (Å²) >= 11 is 7.97. The van der Waals surface area contributed by atoms with E-state index in [4.69, 9.17) is 11.6 Å². The van der Waals surface area contributed by atoms with Crippen molar-refractivity contribution in [2.45, 2.75) is 37.8 Å². The lowest BCUT2D eigenvalue weighted by Crippen LogP contribution is -2.45. The maximum Gasteiger partial charge on any atom is 0.420 e. The Bertz CT molecular complexity index is 1250. The van der Waals surface area contributed by atoms with Crippen LogP contribution in [0.25, 0.3) is 17.1 Å². The summed E-state index contributed by atoms with van der Waals surface area (Å²) in [7, 11) is 0. The van der Waals surface area contributed by atoms with E-state index in [-0.39, 0.29) is 23.9 Å². The number of anilines is 1. The third-order valence-corrected chi connectivity index (χ3v) is 7.79. The molecule has 198 valence electrons. The largest absolute Gasteiger partial charge is 0.420 e. The normalized spacial score (nSPS) is 21.1. The first kappa shape index (κ1) is 26.2. The first-order chi connectivity index (χ1) is 17.7. The Labute approximate surface area is 221 Å². The molecule has 13 heteroatoms. The molecule has 0 aliphatic carbocycles. The summed E-state index contributed by atoms with van der Waals surface area (Å²) < 4.78 is 59.5. The number of piperidine rings is 1. The van der Waals surface area contributed by atoms with Gasteiger partial charge in [0, 0.05) is 32.0 Å². The Balaban J connectivity index is 1.40. The number of aromatic nitrogens is 4. The van der Waals surface area contributed by atoms with Crippen LogP contribution < -0.4 is 5.32 Å². The molecular weight excluding hydrogens is 530 g/mol. The van der Waals surface area contributed by atoms with Gasteiger partial charge in [-0.05, 0) is 49.9 Å². The molecule has 0 spiro atoms. The Morgan fingerprint density at radius 1 is 1.19 bits per heavy atom. The van der Waals surface area contributed by atoms with E-state index in [1.807, 2.05) is 28.8 Å². The molecule has 0 amide bonds. The first-order valence-corrected chi connectivity index (χ1v) is 13.5. The molecule has 37 heavy (non-hydrogen) atoms. The number of alkyl halides is 4. The number of likely N-dealkylation sites (tertiary alicyclic amines) is 1. The van der Waals surface area contributed by atoms with Gasteiger partial charge in [-0.1, -0.05) is 29.6 Å². The second-order valence-electron chi connectivity index (χ2n) is 9.16. The number of hydrogen-bond acceptors (Lipinski definition) is 7. The van der Waals surface area contributed by atoms with E-state index in [1.165, 1.54) is 30.9 Å². The highest BCUT2D eigenvalue weighted by molar-refractivity contribution is 7.96. The van der Waals surface area contributed by atoms with Crippen LogP contribution in [-0.4, -0.2) is 73.4 Å². The van der Waals surface area contributed by atoms with E-state index in [0.717, 1.165) is 25.2 Å². The standard InChI is InChI=1S/C24H26ClF4N7S/c1-37-36-8-5-19(18(26)12-36)32-23-30-10-16(24(27,28)29)22(33-23)20-13-35(14-31-20)21-4-3-15(9-17(21)25)11-34-6-2-7-34/h3-4,9-10,13-14,18-19H,2,5-8,11-12H2,1H3,(H,30,32,33). The van der Waals surface area contributed by atoms with Crippen LogP contribution in [0.5, 0.6) is 0 Å². The second-order valence-corrected chi connectivity index (χ2v) is 10.5. The van der Waals surface area contributed by atoms with Crippen molar-refractivity contribution in [3.8, 4) is 17.1 Å². The lowest BCUT2D eigenvalue weighted by molar-refractivity contribution is -0.137. The van der Waals surface area contributed by atoms with Gasteiger partial charge in [0.2, 0.25) is 5.95 Å².